The lowest BCUT2D eigenvalue weighted by atomic mass is 10.1. The number of carboxylic acid groups (broad SMARTS) is 1. The molecule has 0 aliphatic carbocycles. The summed E-state index contributed by atoms with van der Waals surface area (Å²) in [4.78, 5) is 17.1. The van der Waals surface area contributed by atoms with E-state index in [1.165, 1.54) is 0 Å². The number of carboxylic acids is 1. The molecule has 0 saturated carbocycles. The summed E-state index contributed by atoms with van der Waals surface area (Å²) < 4.78 is 12.0. The van der Waals surface area contributed by atoms with Gasteiger partial charge in [0.2, 0.25) is 0 Å². The quantitative estimate of drug-likeness (QED) is 0.648. The number of halogens is 1. The molecule has 0 radical (unpaired) electrons. The number of rotatable bonds is 6. The minimum absolute atomic E-state index is 0. The van der Waals surface area contributed by atoms with Crippen molar-refractivity contribution in [2.75, 3.05) is 26.2 Å². The third-order valence-corrected chi connectivity index (χ3v) is 4.91. The van der Waals surface area contributed by atoms with E-state index in [-0.39, 0.29) is 24.9 Å². The molecule has 152 valence electrons. The maximum Gasteiger partial charge on any atom is 0.304 e. The van der Waals surface area contributed by atoms with E-state index in [9.17, 15) is 4.79 Å². The van der Waals surface area contributed by atoms with E-state index in [1.807, 2.05) is 54.7 Å². The van der Waals surface area contributed by atoms with Gasteiger partial charge in [0.1, 0.15) is 11.5 Å². The Morgan fingerprint density at radius 1 is 1.21 bits per heavy atom. The number of benzene rings is 2. The Morgan fingerprint density at radius 2 is 2.03 bits per heavy atom. The molecular formula is C22H23ClN2O4. The molecule has 1 aromatic heterocycles. The SMILES string of the molecule is Cl.O=C(O)CCN1CCOC(c2ccc(Oc3cccc4cnccc34)cc2)C1. The summed E-state index contributed by atoms with van der Waals surface area (Å²) >= 11 is 0. The van der Waals surface area contributed by atoms with Crippen molar-refractivity contribution in [2.24, 2.45) is 0 Å². The van der Waals surface area contributed by atoms with Crippen molar-refractivity contribution in [3.05, 3.63) is 66.5 Å². The number of hydrogen-bond donors (Lipinski definition) is 1. The molecule has 0 spiro atoms. The van der Waals surface area contributed by atoms with Crippen molar-refractivity contribution in [1.82, 2.24) is 9.88 Å². The predicted molar refractivity (Wildman–Crippen MR) is 113 cm³/mol. The summed E-state index contributed by atoms with van der Waals surface area (Å²) in [6, 6.07) is 15.7. The highest BCUT2D eigenvalue weighted by atomic mass is 35.5. The van der Waals surface area contributed by atoms with Crippen molar-refractivity contribution < 1.29 is 19.4 Å². The van der Waals surface area contributed by atoms with Gasteiger partial charge in [0, 0.05) is 42.8 Å². The van der Waals surface area contributed by atoms with E-state index in [0.29, 0.717) is 19.7 Å². The summed E-state index contributed by atoms with van der Waals surface area (Å²) in [5.74, 6) is 0.779. The number of pyridine rings is 1. The number of carbonyl (C=O) groups is 1. The third-order valence-electron chi connectivity index (χ3n) is 4.91. The zero-order valence-corrected chi connectivity index (χ0v) is 16.7. The number of nitrogens with zero attached hydrogens (tertiary/aromatic N) is 2. The van der Waals surface area contributed by atoms with Crippen molar-refractivity contribution in [3.63, 3.8) is 0 Å². The first-order chi connectivity index (χ1) is 13.7. The van der Waals surface area contributed by atoms with Gasteiger partial charge < -0.3 is 14.6 Å². The summed E-state index contributed by atoms with van der Waals surface area (Å²) in [5, 5.41) is 10.9. The lowest BCUT2D eigenvalue weighted by Crippen LogP contribution is -2.39. The lowest BCUT2D eigenvalue weighted by molar-refractivity contribution is -0.137. The van der Waals surface area contributed by atoms with Crippen LogP contribution >= 0.6 is 12.4 Å². The first-order valence-electron chi connectivity index (χ1n) is 9.35. The molecule has 1 atom stereocenters. The van der Waals surface area contributed by atoms with Gasteiger partial charge in [0.05, 0.1) is 19.1 Å². The smallest absolute Gasteiger partial charge is 0.304 e. The normalized spacial score (nSPS) is 16.9. The molecule has 3 aromatic rings. The molecular weight excluding hydrogens is 392 g/mol. The average Bonchev–Trinajstić information content (AvgIpc) is 2.73. The fourth-order valence-electron chi connectivity index (χ4n) is 3.42. The number of morpholine rings is 1. The van der Waals surface area contributed by atoms with Gasteiger partial charge in [-0.2, -0.15) is 0 Å². The molecule has 4 rings (SSSR count). The van der Waals surface area contributed by atoms with Crippen LogP contribution in [0.5, 0.6) is 11.5 Å². The highest BCUT2D eigenvalue weighted by molar-refractivity contribution is 5.87. The van der Waals surface area contributed by atoms with E-state index in [0.717, 1.165) is 34.4 Å². The summed E-state index contributed by atoms with van der Waals surface area (Å²) in [6.45, 7) is 2.61. The molecule has 1 aliphatic heterocycles. The van der Waals surface area contributed by atoms with Gasteiger partial charge in [-0.05, 0) is 29.8 Å². The molecule has 7 heteroatoms. The molecule has 1 saturated heterocycles. The Balaban J connectivity index is 0.00000240. The van der Waals surface area contributed by atoms with Crippen molar-refractivity contribution in [3.8, 4) is 11.5 Å². The van der Waals surface area contributed by atoms with Crippen molar-refractivity contribution in [1.29, 1.82) is 0 Å². The van der Waals surface area contributed by atoms with Crippen LogP contribution in [0, 0.1) is 0 Å². The molecule has 1 unspecified atom stereocenters. The topological polar surface area (TPSA) is 71.9 Å². The first-order valence-corrected chi connectivity index (χ1v) is 9.35. The Kier molecular flexibility index (Phi) is 7.04. The molecule has 1 aliphatic rings. The Hall–Kier alpha value is -2.67. The molecule has 29 heavy (non-hydrogen) atoms. The van der Waals surface area contributed by atoms with E-state index in [1.54, 1.807) is 6.20 Å². The summed E-state index contributed by atoms with van der Waals surface area (Å²) in [7, 11) is 0. The van der Waals surface area contributed by atoms with Crippen LogP contribution in [-0.2, 0) is 9.53 Å². The van der Waals surface area contributed by atoms with Crippen LogP contribution in [-0.4, -0.2) is 47.2 Å². The summed E-state index contributed by atoms with van der Waals surface area (Å²) in [5.41, 5.74) is 1.06. The van der Waals surface area contributed by atoms with Gasteiger partial charge in [-0.25, -0.2) is 0 Å². The maximum atomic E-state index is 10.8. The molecule has 0 amide bonds. The highest BCUT2D eigenvalue weighted by Crippen LogP contribution is 2.31. The van der Waals surface area contributed by atoms with Crippen LogP contribution in [0.2, 0.25) is 0 Å². The minimum Gasteiger partial charge on any atom is -0.481 e. The van der Waals surface area contributed by atoms with Gasteiger partial charge >= 0.3 is 5.97 Å². The number of fused-ring (bicyclic) bond motifs is 1. The zero-order valence-electron chi connectivity index (χ0n) is 15.9. The van der Waals surface area contributed by atoms with Crippen LogP contribution < -0.4 is 4.74 Å². The van der Waals surface area contributed by atoms with Gasteiger partial charge in [-0.15, -0.1) is 12.4 Å². The lowest BCUT2D eigenvalue weighted by Gasteiger charge is -2.32. The maximum absolute atomic E-state index is 10.8. The molecule has 6 nitrogen and oxygen atoms in total. The molecule has 2 heterocycles. The molecule has 1 fully saturated rings. The largest absolute Gasteiger partial charge is 0.481 e. The van der Waals surface area contributed by atoms with Gasteiger partial charge in [-0.1, -0.05) is 24.3 Å². The van der Waals surface area contributed by atoms with Crippen molar-refractivity contribution in [2.45, 2.75) is 12.5 Å². The number of hydrogen-bond acceptors (Lipinski definition) is 5. The van der Waals surface area contributed by atoms with E-state index in [4.69, 9.17) is 14.6 Å². The van der Waals surface area contributed by atoms with E-state index < -0.39 is 5.97 Å². The standard InChI is InChI=1S/C22H22N2O4.ClH/c25-22(26)9-11-24-12-13-27-21(15-24)16-4-6-18(7-5-16)28-20-3-1-2-17-14-23-10-8-19(17)20;/h1-8,10,14,21H,9,11-13,15H2,(H,25,26);1H. The second kappa shape index (κ2) is 9.69. The van der Waals surface area contributed by atoms with Crippen LogP contribution in [0.15, 0.2) is 60.9 Å². The van der Waals surface area contributed by atoms with Gasteiger partial charge in [-0.3, -0.25) is 14.7 Å². The number of ether oxygens (including phenoxy) is 2. The van der Waals surface area contributed by atoms with Gasteiger partial charge in [0.15, 0.2) is 0 Å². The monoisotopic (exact) mass is 414 g/mol. The van der Waals surface area contributed by atoms with Crippen LogP contribution in [0.1, 0.15) is 18.1 Å². The second-order valence-electron chi connectivity index (χ2n) is 6.83. The van der Waals surface area contributed by atoms with E-state index >= 15 is 0 Å². The molecule has 2 aromatic carbocycles. The van der Waals surface area contributed by atoms with Crippen molar-refractivity contribution >= 4 is 29.1 Å². The highest BCUT2D eigenvalue weighted by Gasteiger charge is 2.22. The Morgan fingerprint density at radius 3 is 2.83 bits per heavy atom. The molecule has 1 N–H and O–H groups in total. The Labute approximate surface area is 175 Å². The minimum atomic E-state index is -0.770. The summed E-state index contributed by atoms with van der Waals surface area (Å²) in [6.07, 6.45) is 3.68. The van der Waals surface area contributed by atoms with Gasteiger partial charge in [0.25, 0.3) is 0 Å². The van der Waals surface area contributed by atoms with Crippen LogP contribution in [0.4, 0.5) is 0 Å². The predicted octanol–water partition coefficient (Wildman–Crippen LogP) is 4.30. The fraction of sp³-hybridized carbons (Fsp3) is 0.273. The fourth-order valence-corrected chi connectivity index (χ4v) is 3.42. The zero-order chi connectivity index (χ0) is 19.3. The second-order valence-corrected chi connectivity index (χ2v) is 6.83. The number of aliphatic carboxylic acids is 1. The van der Waals surface area contributed by atoms with Crippen LogP contribution in [0.25, 0.3) is 10.8 Å². The third kappa shape index (κ3) is 5.23. The van der Waals surface area contributed by atoms with Crippen LogP contribution in [0.3, 0.4) is 0 Å². The Bertz CT molecular complexity index is 959. The average molecular weight is 415 g/mol. The van der Waals surface area contributed by atoms with E-state index in [2.05, 4.69) is 9.88 Å². The molecule has 0 bridgehead atoms. The first kappa shape index (κ1) is 21.0. The number of aromatic nitrogens is 1.